The second-order valence-corrected chi connectivity index (χ2v) is 6.66. The van der Waals surface area contributed by atoms with Gasteiger partial charge in [0.2, 0.25) is 5.91 Å². The fourth-order valence-corrected chi connectivity index (χ4v) is 4.15. The molecular weight excluding hydrogens is 294 g/mol. The quantitative estimate of drug-likeness (QED) is 0.857. The number of rotatable bonds is 1. The molecule has 2 atom stereocenters. The molecule has 0 saturated carbocycles. The average Bonchev–Trinajstić information content (AvgIpc) is 2.52. The van der Waals surface area contributed by atoms with E-state index in [1.54, 1.807) is 13.0 Å². The number of pyridine rings is 1. The van der Waals surface area contributed by atoms with Gasteiger partial charge in [0.05, 0.1) is 11.6 Å². The molecule has 6 nitrogen and oxygen atoms in total. The molecule has 1 aromatic heterocycles. The van der Waals surface area contributed by atoms with E-state index in [2.05, 4.69) is 11.9 Å². The molecule has 1 aromatic rings. The van der Waals surface area contributed by atoms with Gasteiger partial charge in [0.15, 0.2) is 5.69 Å². The van der Waals surface area contributed by atoms with Crippen molar-refractivity contribution in [2.75, 3.05) is 13.1 Å². The van der Waals surface area contributed by atoms with Gasteiger partial charge < -0.3 is 14.9 Å². The summed E-state index contributed by atoms with van der Waals surface area (Å²) >= 11 is 0. The minimum absolute atomic E-state index is 0.0392. The van der Waals surface area contributed by atoms with Crippen LogP contribution in [0.3, 0.4) is 0 Å². The summed E-state index contributed by atoms with van der Waals surface area (Å²) in [6.07, 6.45) is 5.02. The van der Waals surface area contributed by atoms with Crippen molar-refractivity contribution in [1.82, 2.24) is 14.8 Å². The van der Waals surface area contributed by atoms with Crippen LogP contribution < -0.4 is 0 Å². The predicted octanol–water partition coefficient (Wildman–Crippen LogP) is 1.79. The van der Waals surface area contributed by atoms with Crippen LogP contribution in [0, 0.1) is 0 Å². The molecule has 2 amide bonds. The highest BCUT2D eigenvalue weighted by Gasteiger charge is 2.50. The number of hydrogen-bond donors (Lipinski definition) is 1. The molecule has 1 N–H and O–H groups in total. The molecule has 0 radical (unpaired) electrons. The van der Waals surface area contributed by atoms with Crippen LogP contribution in [0.25, 0.3) is 0 Å². The first kappa shape index (κ1) is 15.8. The molecule has 2 aliphatic rings. The Morgan fingerprint density at radius 2 is 2.13 bits per heavy atom. The lowest BCUT2D eigenvalue weighted by atomic mass is 9.76. The lowest BCUT2D eigenvalue weighted by Crippen LogP contribution is -2.68. The van der Waals surface area contributed by atoms with E-state index in [0.29, 0.717) is 6.54 Å². The van der Waals surface area contributed by atoms with Gasteiger partial charge in [-0.1, -0.05) is 0 Å². The number of hydrogen-bond acceptors (Lipinski definition) is 4. The van der Waals surface area contributed by atoms with E-state index >= 15 is 0 Å². The predicted molar refractivity (Wildman–Crippen MR) is 85.0 cm³/mol. The zero-order chi connectivity index (χ0) is 16.6. The zero-order valence-electron chi connectivity index (χ0n) is 13.7. The number of aromatic nitrogens is 1. The van der Waals surface area contributed by atoms with Crippen LogP contribution in [0.4, 0.5) is 0 Å². The second kappa shape index (κ2) is 5.83. The van der Waals surface area contributed by atoms with Crippen LogP contribution >= 0.6 is 0 Å². The highest BCUT2D eigenvalue weighted by atomic mass is 16.3. The molecule has 2 aliphatic heterocycles. The Hall–Kier alpha value is -2.11. The number of carbonyl (C=O) groups is 2. The van der Waals surface area contributed by atoms with Crippen LogP contribution in [0.1, 0.15) is 50.0 Å². The van der Waals surface area contributed by atoms with E-state index in [1.807, 2.05) is 9.80 Å². The summed E-state index contributed by atoms with van der Waals surface area (Å²) in [5, 5.41) is 9.96. The standard InChI is InChI=1S/C17H23N3O3/c1-12(21)19-10-5-8-17(2)14(19)7-4-11-20(17)16(23)15-13(22)6-3-9-18-15/h3,6,9,14,22H,4-5,7-8,10-11H2,1-2H3/t14-,17-/m0/s1. The monoisotopic (exact) mass is 317 g/mol. The third kappa shape index (κ3) is 2.56. The number of fused-ring (bicyclic) bond motifs is 1. The summed E-state index contributed by atoms with van der Waals surface area (Å²) in [7, 11) is 0. The molecule has 3 heterocycles. The van der Waals surface area contributed by atoms with E-state index in [9.17, 15) is 14.7 Å². The van der Waals surface area contributed by atoms with Gasteiger partial charge in [-0.3, -0.25) is 9.59 Å². The van der Waals surface area contributed by atoms with E-state index in [4.69, 9.17) is 0 Å². The van der Waals surface area contributed by atoms with Gasteiger partial charge in [0, 0.05) is 26.2 Å². The molecule has 0 unspecified atom stereocenters. The molecule has 6 heteroatoms. The summed E-state index contributed by atoms with van der Waals surface area (Å²) in [5.74, 6) is -0.279. The molecule has 23 heavy (non-hydrogen) atoms. The SMILES string of the molecule is CC(=O)N1CCC[C@@]2(C)[C@@H]1CCCN2C(=O)c1ncccc1O. The Labute approximate surface area is 136 Å². The highest BCUT2D eigenvalue weighted by Crippen LogP contribution is 2.40. The molecule has 0 spiro atoms. The number of aromatic hydroxyl groups is 1. The second-order valence-electron chi connectivity index (χ2n) is 6.66. The van der Waals surface area contributed by atoms with E-state index < -0.39 is 5.54 Å². The van der Waals surface area contributed by atoms with Gasteiger partial charge >= 0.3 is 0 Å². The summed E-state index contributed by atoms with van der Waals surface area (Å²) in [6, 6.07) is 3.12. The molecule has 0 bridgehead atoms. The van der Waals surface area contributed by atoms with Crippen molar-refractivity contribution in [3.05, 3.63) is 24.0 Å². The van der Waals surface area contributed by atoms with Crippen molar-refractivity contribution in [1.29, 1.82) is 0 Å². The van der Waals surface area contributed by atoms with Crippen molar-refractivity contribution < 1.29 is 14.7 Å². The Morgan fingerprint density at radius 1 is 1.35 bits per heavy atom. The van der Waals surface area contributed by atoms with Crippen LogP contribution in [-0.4, -0.2) is 56.4 Å². The number of amides is 2. The van der Waals surface area contributed by atoms with Crippen LogP contribution in [-0.2, 0) is 4.79 Å². The number of likely N-dealkylation sites (tertiary alicyclic amines) is 2. The van der Waals surface area contributed by atoms with Crippen molar-refractivity contribution in [3.8, 4) is 5.75 Å². The largest absolute Gasteiger partial charge is 0.505 e. The van der Waals surface area contributed by atoms with E-state index in [0.717, 1.165) is 32.2 Å². The topological polar surface area (TPSA) is 73.7 Å². The first-order valence-corrected chi connectivity index (χ1v) is 8.18. The minimum atomic E-state index is -0.400. The molecule has 2 saturated heterocycles. The zero-order valence-corrected chi connectivity index (χ0v) is 13.7. The van der Waals surface area contributed by atoms with E-state index in [1.165, 1.54) is 12.3 Å². The van der Waals surface area contributed by atoms with Crippen LogP contribution in [0.5, 0.6) is 5.75 Å². The van der Waals surface area contributed by atoms with Gasteiger partial charge in [0.1, 0.15) is 5.75 Å². The Balaban J connectivity index is 1.95. The third-order valence-corrected chi connectivity index (χ3v) is 5.29. The van der Waals surface area contributed by atoms with Gasteiger partial charge in [-0.25, -0.2) is 4.98 Å². The van der Waals surface area contributed by atoms with Crippen molar-refractivity contribution >= 4 is 11.8 Å². The molecular formula is C17H23N3O3. The van der Waals surface area contributed by atoms with Crippen molar-refractivity contribution in [3.63, 3.8) is 0 Å². The maximum absolute atomic E-state index is 13.0. The Morgan fingerprint density at radius 3 is 2.83 bits per heavy atom. The van der Waals surface area contributed by atoms with Crippen molar-refractivity contribution in [2.45, 2.75) is 51.1 Å². The first-order valence-electron chi connectivity index (χ1n) is 8.18. The average molecular weight is 317 g/mol. The molecule has 0 aliphatic carbocycles. The molecule has 124 valence electrons. The smallest absolute Gasteiger partial charge is 0.276 e. The minimum Gasteiger partial charge on any atom is -0.505 e. The Kier molecular flexibility index (Phi) is 4.00. The summed E-state index contributed by atoms with van der Waals surface area (Å²) < 4.78 is 0. The summed E-state index contributed by atoms with van der Waals surface area (Å²) in [4.78, 5) is 32.7. The van der Waals surface area contributed by atoms with Crippen molar-refractivity contribution in [2.24, 2.45) is 0 Å². The molecule has 2 fully saturated rings. The maximum Gasteiger partial charge on any atom is 0.276 e. The van der Waals surface area contributed by atoms with Gasteiger partial charge in [-0.15, -0.1) is 0 Å². The Bertz CT molecular complexity index is 633. The number of piperidine rings is 2. The molecule has 0 aromatic carbocycles. The fraction of sp³-hybridized carbons (Fsp3) is 0.588. The van der Waals surface area contributed by atoms with Crippen LogP contribution in [0.15, 0.2) is 18.3 Å². The fourth-order valence-electron chi connectivity index (χ4n) is 4.15. The number of carbonyl (C=O) groups excluding carboxylic acids is 2. The highest BCUT2D eigenvalue weighted by molar-refractivity contribution is 5.95. The summed E-state index contributed by atoms with van der Waals surface area (Å²) in [5.41, 5.74) is -0.308. The maximum atomic E-state index is 13.0. The third-order valence-electron chi connectivity index (χ3n) is 5.29. The van der Waals surface area contributed by atoms with Crippen LogP contribution in [0.2, 0.25) is 0 Å². The van der Waals surface area contributed by atoms with Gasteiger partial charge in [-0.2, -0.15) is 0 Å². The van der Waals surface area contributed by atoms with Gasteiger partial charge in [0.25, 0.3) is 5.91 Å². The first-order chi connectivity index (χ1) is 10.9. The number of nitrogens with zero attached hydrogens (tertiary/aromatic N) is 3. The van der Waals surface area contributed by atoms with Gasteiger partial charge in [-0.05, 0) is 44.7 Å². The normalized spacial score (nSPS) is 27.5. The lowest BCUT2D eigenvalue weighted by Gasteiger charge is -2.56. The summed E-state index contributed by atoms with van der Waals surface area (Å²) in [6.45, 7) is 5.04. The lowest BCUT2D eigenvalue weighted by molar-refractivity contribution is -0.140. The molecule has 3 rings (SSSR count). The van der Waals surface area contributed by atoms with E-state index in [-0.39, 0.29) is 29.3 Å².